The standard InChI is InChI=1S/C14H28N2O2/c1-12(10-13-11-18-9-6-15-13)16-7-3-2-4-14(16)5-8-17/h12-15,17H,2-11H2,1H3. The summed E-state index contributed by atoms with van der Waals surface area (Å²) in [7, 11) is 0. The molecule has 4 nitrogen and oxygen atoms in total. The number of nitrogens with one attached hydrogen (secondary N) is 1. The molecule has 2 saturated heterocycles. The number of aliphatic hydroxyl groups is 1. The summed E-state index contributed by atoms with van der Waals surface area (Å²) in [5, 5.41) is 12.7. The quantitative estimate of drug-likeness (QED) is 0.770. The fraction of sp³-hybridized carbons (Fsp3) is 1.00. The van der Waals surface area contributed by atoms with Crippen LogP contribution in [0.3, 0.4) is 0 Å². The molecule has 18 heavy (non-hydrogen) atoms. The van der Waals surface area contributed by atoms with E-state index in [1.165, 1.54) is 25.8 Å². The third kappa shape index (κ3) is 3.92. The summed E-state index contributed by atoms with van der Waals surface area (Å²) in [6.07, 6.45) is 5.96. The molecule has 2 N–H and O–H groups in total. The zero-order valence-corrected chi connectivity index (χ0v) is 11.6. The van der Waals surface area contributed by atoms with Crippen molar-refractivity contribution in [2.75, 3.05) is 32.9 Å². The Bertz CT molecular complexity index is 230. The molecule has 2 fully saturated rings. The molecule has 2 aliphatic heterocycles. The summed E-state index contributed by atoms with van der Waals surface area (Å²) in [4.78, 5) is 2.61. The van der Waals surface area contributed by atoms with E-state index in [4.69, 9.17) is 4.74 Å². The van der Waals surface area contributed by atoms with E-state index in [1.54, 1.807) is 0 Å². The average Bonchev–Trinajstić information content (AvgIpc) is 2.41. The molecule has 2 rings (SSSR count). The third-order valence-electron chi connectivity index (χ3n) is 4.33. The first-order valence-corrected chi connectivity index (χ1v) is 7.49. The van der Waals surface area contributed by atoms with Crippen molar-refractivity contribution in [1.82, 2.24) is 10.2 Å². The van der Waals surface area contributed by atoms with Crippen LogP contribution in [0.5, 0.6) is 0 Å². The lowest BCUT2D eigenvalue weighted by molar-refractivity contribution is 0.0411. The lowest BCUT2D eigenvalue weighted by atomic mass is 9.95. The minimum Gasteiger partial charge on any atom is -0.396 e. The molecule has 0 amide bonds. The SMILES string of the molecule is CC(CC1COCCN1)N1CCCCC1CCO. The van der Waals surface area contributed by atoms with Gasteiger partial charge in [0.1, 0.15) is 0 Å². The van der Waals surface area contributed by atoms with E-state index in [2.05, 4.69) is 17.1 Å². The van der Waals surface area contributed by atoms with Crippen LogP contribution in [0.2, 0.25) is 0 Å². The zero-order chi connectivity index (χ0) is 12.8. The third-order valence-corrected chi connectivity index (χ3v) is 4.33. The fourth-order valence-corrected chi connectivity index (χ4v) is 3.38. The largest absolute Gasteiger partial charge is 0.396 e. The second-order valence-corrected chi connectivity index (χ2v) is 5.71. The van der Waals surface area contributed by atoms with E-state index < -0.39 is 0 Å². The van der Waals surface area contributed by atoms with Gasteiger partial charge in [-0.3, -0.25) is 4.90 Å². The van der Waals surface area contributed by atoms with Gasteiger partial charge in [0.25, 0.3) is 0 Å². The van der Waals surface area contributed by atoms with E-state index in [0.29, 0.717) is 24.7 Å². The number of hydrogen-bond acceptors (Lipinski definition) is 4. The second kappa shape index (κ2) is 7.43. The summed E-state index contributed by atoms with van der Waals surface area (Å²) in [5.41, 5.74) is 0. The van der Waals surface area contributed by atoms with Gasteiger partial charge in [-0.2, -0.15) is 0 Å². The number of likely N-dealkylation sites (tertiary alicyclic amines) is 1. The van der Waals surface area contributed by atoms with Crippen LogP contribution < -0.4 is 5.32 Å². The maximum atomic E-state index is 9.18. The van der Waals surface area contributed by atoms with Gasteiger partial charge in [0, 0.05) is 31.3 Å². The van der Waals surface area contributed by atoms with E-state index in [-0.39, 0.29) is 0 Å². The van der Waals surface area contributed by atoms with Crippen LogP contribution in [0, 0.1) is 0 Å². The number of ether oxygens (including phenoxy) is 1. The number of aliphatic hydroxyl groups excluding tert-OH is 1. The molecule has 0 aromatic carbocycles. The molecule has 2 heterocycles. The molecule has 0 saturated carbocycles. The van der Waals surface area contributed by atoms with Crippen molar-refractivity contribution < 1.29 is 9.84 Å². The van der Waals surface area contributed by atoms with Crippen molar-refractivity contribution in [3.63, 3.8) is 0 Å². The molecule has 0 spiro atoms. The first-order chi connectivity index (χ1) is 8.81. The summed E-state index contributed by atoms with van der Waals surface area (Å²) in [5.74, 6) is 0. The van der Waals surface area contributed by atoms with Crippen molar-refractivity contribution >= 4 is 0 Å². The second-order valence-electron chi connectivity index (χ2n) is 5.71. The fourth-order valence-electron chi connectivity index (χ4n) is 3.38. The van der Waals surface area contributed by atoms with Gasteiger partial charge in [-0.05, 0) is 39.2 Å². The summed E-state index contributed by atoms with van der Waals surface area (Å²) >= 11 is 0. The highest BCUT2D eigenvalue weighted by molar-refractivity contribution is 4.84. The van der Waals surface area contributed by atoms with Gasteiger partial charge in [0.2, 0.25) is 0 Å². The average molecular weight is 256 g/mol. The molecular formula is C14H28N2O2. The van der Waals surface area contributed by atoms with Gasteiger partial charge in [-0.1, -0.05) is 6.42 Å². The van der Waals surface area contributed by atoms with Crippen molar-refractivity contribution in [3.05, 3.63) is 0 Å². The Morgan fingerprint density at radius 3 is 3.06 bits per heavy atom. The Kier molecular flexibility index (Phi) is 5.89. The number of morpholine rings is 1. The first kappa shape index (κ1) is 14.3. The molecule has 0 aromatic heterocycles. The topological polar surface area (TPSA) is 44.7 Å². The van der Waals surface area contributed by atoms with Crippen molar-refractivity contribution in [2.45, 2.75) is 57.2 Å². The predicted molar refractivity (Wildman–Crippen MR) is 72.7 cm³/mol. The Morgan fingerprint density at radius 1 is 1.44 bits per heavy atom. The Hall–Kier alpha value is -0.160. The van der Waals surface area contributed by atoms with Crippen LogP contribution in [0.15, 0.2) is 0 Å². The molecular weight excluding hydrogens is 228 g/mol. The lowest BCUT2D eigenvalue weighted by Gasteiger charge is -2.41. The Balaban J connectivity index is 1.82. The summed E-state index contributed by atoms with van der Waals surface area (Å²) in [6.45, 7) is 6.52. The normalized spacial score (nSPS) is 32.3. The van der Waals surface area contributed by atoms with Gasteiger partial charge in [-0.15, -0.1) is 0 Å². The van der Waals surface area contributed by atoms with Crippen LogP contribution >= 0.6 is 0 Å². The molecule has 4 heteroatoms. The number of hydrogen-bond donors (Lipinski definition) is 2. The van der Waals surface area contributed by atoms with Crippen LogP contribution in [0.4, 0.5) is 0 Å². The van der Waals surface area contributed by atoms with Crippen molar-refractivity contribution in [2.24, 2.45) is 0 Å². The molecule has 106 valence electrons. The monoisotopic (exact) mass is 256 g/mol. The summed E-state index contributed by atoms with van der Waals surface area (Å²) < 4.78 is 5.52. The van der Waals surface area contributed by atoms with E-state index in [1.807, 2.05) is 0 Å². The maximum absolute atomic E-state index is 9.18. The molecule has 3 atom stereocenters. The lowest BCUT2D eigenvalue weighted by Crippen LogP contribution is -2.50. The van der Waals surface area contributed by atoms with Crippen LogP contribution in [-0.4, -0.2) is 61.0 Å². The molecule has 3 unspecified atom stereocenters. The highest BCUT2D eigenvalue weighted by atomic mass is 16.5. The van der Waals surface area contributed by atoms with Crippen LogP contribution in [0.1, 0.15) is 39.0 Å². The zero-order valence-electron chi connectivity index (χ0n) is 11.6. The molecule has 0 aliphatic carbocycles. The van der Waals surface area contributed by atoms with Crippen LogP contribution in [-0.2, 0) is 4.74 Å². The van der Waals surface area contributed by atoms with Gasteiger partial charge in [0.15, 0.2) is 0 Å². The van der Waals surface area contributed by atoms with Crippen LogP contribution in [0.25, 0.3) is 0 Å². The molecule has 0 radical (unpaired) electrons. The number of piperidine rings is 1. The van der Waals surface area contributed by atoms with Gasteiger partial charge < -0.3 is 15.2 Å². The van der Waals surface area contributed by atoms with E-state index in [9.17, 15) is 5.11 Å². The Morgan fingerprint density at radius 2 is 2.33 bits per heavy atom. The van der Waals surface area contributed by atoms with Crippen molar-refractivity contribution in [3.8, 4) is 0 Å². The van der Waals surface area contributed by atoms with Crippen molar-refractivity contribution in [1.29, 1.82) is 0 Å². The van der Waals surface area contributed by atoms with Gasteiger partial charge in [0.05, 0.1) is 13.2 Å². The van der Waals surface area contributed by atoms with Gasteiger partial charge in [-0.25, -0.2) is 0 Å². The van der Waals surface area contributed by atoms with Gasteiger partial charge >= 0.3 is 0 Å². The van der Waals surface area contributed by atoms with E-state index >= 15 is 0 Å². The minimum atomic E-state index is 0.318. The smallest absolute Gasteiger partial charge is 0.0620 e. The minimum absolute atomic E-state index is 0.318. The number of nitrogens with zero attached hydrogens (tertiary/aromatic N) is 1. The molecule has 2 aliphatic rings. The molecule has 0 aromatic rings. The highest BCUT2D eigenvalue weighted by Crippen LogP contribution is 2.23. The maximum Gasteiger partial charge on any atom is 0.0620 e. The van der Waals surface area contributed by atoms with E-state index in [0.717, 1.165) is 32.6 Å². The molecule has 0 bridgehead atoms. The Labute approximate surface area is 111 Å². The number of rotatable bonds is 5. The predicted octanol–water partition coefficient (Wildman–Crippen LogP) is 0.990. The summed E-state index contributed by atoms with van der Waals surface area (Å²) in [6, 6.07) is 1.68. The highest BCUT2D eigenvalue weighted by Gasteiger charge is 2.28. The first-order valence-electron chi connectivity index (χ1n) is 7.49.